The molecule has 0 saturated heterocycles. The minimum absolute atomic E-state index is 0.277. The highest BCUT2D eigenvalue weighted by atomic mass is 16.5. The van der Waals surface area contributed by atoms with E-state index in [4.69, 9.17) is 15.6 Å². The van der Waals surface area contributed by atoms with Crippen LogP contribution in [-0.4, -0.2) is 23.2 Å². The lowest BCUT2D eigenvalue weighted by Crippen LogP contribution is -2.25. The van der Waals surface area contributed by atoms with Gasteiger partial charge in [0.1, 0.15) is 12.6 Å². The minimum Gasteiger partial charge on any atom is -0.480 e. The number of anilines is 1. The van der Waals surface area contributed by atoms with Crippen LogP contribution in [0, 0.1) is 0 Å². The van der Waals surface area contributed by atoms with Crippen molar-refractivity contribution in [3.63, 3.8) is 0 Å². The number of para-hydroxylation sites is 1. The molecule has 1 amide bonds. The van der Waals surface area contributed by atoms with E-state index in [0.717, 1.165) is 11.3 Å². The van der Waals surface area contributed by atoms with Crippen molar-refractivity contribution in [1.29, 1.82) is 0 Å². The van der Waals surface area contributed by atoms with Crippen molar-refractivity contribution in [2.75, 3.05) is 5.32 Å². The Morgan fingerprint density at radius 2 is 1.57 bits per heavy atom. The lowest BCUT2D eigenvalue weighted by atomic mass is 10.2. The topological polar surface area (TPSA) is 102 Å². The zero-order valence-corrected chi connectivity index (χ0v) is 12.8. The van der Waals surface area contributed by atoms with Crippen LogP contribution in [0.5, 0.6) is 0 Å². The molecule has 0 spiro atoms. The molecule has 0 aliphatic carbocycles. The molecule has 0 bridgehead atoms. The quantitative estimate of drug-likeness (QED) is 0.805. The standard InChI is InChI=1S/C14H13NO2.C3H7NO2/c16-14(15-13-9-5-2-6-10-13)17-11-12-7-3-1-4-8-12;1-2(4)3(5)6/h1-10H,11H2,(H,15,16);2H,4H2,1H3,(H,5,6)/t;2-/m.0/s1. The number of rotatable bonds is 4. The molecule has 2 rings (SSSR count). The van der Waals surface area contributed by atoms with Crippen LogP contribution in [0.15, 0.2) is 60.7 Å². The van der Waals surface area contributed by atoms with E-state index in [9.17, 15) is 9.59 Å². The van der Waals surface area contributed by atoms with E-state index in [1.807, 2.05) is 60.7 Å². The Balaban J connectivity index is 0.000000379. The number of aliphatic carboxylic acids is 1. The number of hydrogen-bond acceptors (Lipinski definition) is 4. The molecule has 23 heavy (non-hydrogen) atoms. The molecular weight excluding hydrogens is 296 g/mol. The first-order valence-electron chi connectivity index (χ1n) is 7.00. The fourth-order valence-electron chi connectivity index (χ4n) is 1.40. The van der Waals surface area contributed by atoms with E-state index < -0.39 is 18.1 Å². The van der Waals surface area contributed by atoms with E-state index >= 15 is 0 Å². The van der Waals surface area contributed by atoms with Crippen LogP contribution in [0.25, 0.3) is 0 Å². The number of carboxylic acid groups (broad SMARTS) is 1. The van der Waals surface area contributed by atoms with Crippen molar-refractivity contribution in [1.82, 2.24) is 0 Å². The highest BCUT2D eigenvalue weighted by molar-refractivity contribution is 5.84. The Morgan fingerprint density at radius 3 is 2.04 bits per heavy atom. The van der Waals surface area contributed by atoms with Crippen molar-refractivity contribution >= 4 is 17.7 Å². The van der Waals surface area contributed by atoms with Crippen LogP contribution in [0.1, 0.15) is 12.5 Å². The Labute approximate surface area is 134 Å². The molecule has 2 aromatic carbocycles. The molecule has 0 aliphatic heterocycles. The second-order valence-electron chi connectivity index (χ2n) is 4.68. The highest BCUT2D eigenvalue weighted by Crippen LogP contribution is 2.06. The summed E-state index contributed by atoms with van der Waals surface area (Å²) < 4.78 is 5.08. The third-order valence-corrected chi connectivity index (χ3v) is 2.62. The summed E-state index contributed by atoms with van der Waals surface area (Å²) in [6.07, 6.45) is -0.444. The summed E-state index contributed by atoms with van der Waals surface area (Å²) in [6, 6.07) is 18.1. The highest BCUT2D eigenvalue weighted by Gasteiger charge is 2.02. The van der Waals surface area contributed by atoms with E-state index in [1.165, 1.54) is 6.92 Å². The summed E-state index contributed by atoms with van der Waals surface area (Å²) in [5, 5.41) is 10.5. The van der Waals surface area contributed by atoms with E-state index in [2.05, 4.69) is 5.32 Å². The Bertz CT molecular complexity index is 601. The molecule has 6 heteroatoms. The van der Waals surface area contributed by atoms with Gasteiger partial charge >= 0.3 is 12.1 Å². The summed E-state index contributed by atoms with van der Waals surface area (Å²) in [6.45, 7) is 1.70. The van der Waals surface area contributed by atoms with E-state index in [-0.39, 0.29) is 6.61 Å². The average Bonchev–Trinajstić information content (AvgIpc) is 2.55. The third-order valence-electron chi connectivity index (χ3n) is 2.62. The third kappa shape index (κ3) is 8.23. The summed E-state index contributed by atoms with van der Waals surface area (Å²) in [5.74, 6) is -0.963. The largest absolute Gasteiger partial charge is 0.480 e. The molecule has 122 valence electrons. The Hall–Kier alpha value is -2.86. The molecule has 6 nitrogen and oxygen atoms in total. The fraction of sp³-hybridized carbons (Fsp3) is 0.176. The van der Waals surface area contributed by atoms with Gasteiger partial charge in [-0.05, 0) is 24.6 Å². The predicted octanol–water partition coefficient (Wildman–Crippen LogP) is 2.85. The summed E-state index contributed by atoms with van der Waals surface area (Å²) in [5.41, 5.74) is 6.53. The van der Waals surface area contributed by atoms with Crippen molar-refractivity contribution in [2.24, 2.45) is 5.73 Å². The molecular formula is C17H20N2O4. The Morgan fingerprint density at radius 1 is 1.09 bits per heavy atom. The number of nitrogens with one attached hydrogen (secondary N) is 1. The van der Waals surface area contributed by atoms with Crippen molar-refractivity contribution in [3.8, 4) is 0 Å². The van der Waals surface area contributed by atoms with Gasteiger partial charge in [-0.2, -0.15) is 0 Å². The molecule has 2 aromatic rings. The van der Waals surface area contributed by atoms with Gasteiger partial charge in [-0.3, -0.25) is 10.1 Å². The van der Waals surface area contributed by atoms with Gasteiger partial charge in [-0.25, -0.2) is 4.79 Å². The molecule has 4 N–H and O–H groups in total. The van der Waals surface area contributed by atoms with Crippen LogP contribution in [0.4, 0.5) is 10.5 Å². The van der Waals surface area contributed by atoms with Crippen molar-refractivity contribution in [3.05, 3.63) is 66.2 Å². The number of nitrogens with two attached hydrogens (primary N) is 1. The first-order valence-corrected chi connectivity index (χ1v) is 7.00. The van der Waals surface area contributed by atoms with Gasteiger partial charge in [-0.15, -0.1) is 0 Å². The van der Waals surface area contributed by atoms with Crippen molar-refractivity contribution < 1.29 is 19.4 Å². The number of carboxylic acids is 1. The van der Waals surface area contributed by atoms with Gasteiger partial charge in [0, 0.05) is 5.69 Å². The van der Waals surface area contributed by atoms with Gasteiger partial charge in [-0.1, -0.05) is 48.5 Å². The molecule has 0 unspecified atom stereocenters. The van der Waals surface area contributed by atoms with Crippen LogP contribution in [-0.2, 0) is 16.1 Å². The SMILES string of the molecule is C[C@H](N)C(=O)O.O=C(Nc1ccccc1)OCc1ccccc1. The number of hydrogen-bond donors (Lipinski definition) is 3. The Kier molecular flexibility index (Phi) is 7.88. The van der Waals surface area contributed by atoms with Gasteiger partial charge < -0.3 is 15.6 Å². The molecule has 0 aromatic heterocycles. The molecule has 1 atom stereocenters. The van der Waals surface area contributed by atoms with Gasteiger partial charge in [0.15, 0.2) is 0 Å². The summed E-state index contributed by atoms with van der Waals surface area (Å²) >= 11 is 0. The van der Waals surface area contributed by atoms with E-state index in [1.54, 1.807) is 0 Å². The number of carbonyl (C=O) groups excluding carboxylic acids is 1. The maximum atomic E-state index is 11.5. The molecule has 0 saturated carbocycles. The van der Waals surface area contributed by atoms with Crippen LogP contribution < -0.4 is 11.1 Å². The average molecular weight is 316 g/mol. The van der Waals surface area contributed by atoms with E-state index in [0.29, 0.717) is 0 Å². The summed E-state index contributed by atoms with van der Waals surface area (Å²) in [7, 11) is 0. The molecule has 0 radical (unpaired) electrons. The van der Waals surface area contributed by atoms with Gasteiger partial charge in [0.25, 0.3) is 0 Å². The minimum atomic E-state index is -0.963. The van der Waals surface area contributed by atoms with Crippen LogP contribution >= 0.6 is 0 Å². The molecule has 0 fully saturated rings. The first kappa shape index (κ1) is 18.2. The lowest BCUT2D eigenvalue weighted by molar-refractivity contribution is -0.138. The maximum absolute atomic E-state index is 11.5. The second-order valence-corrected chi connectivity index (χ2v) is 4.68. The number of ether oxygens (including phenoxy) is 1. The predicted molar refractivity (Wildman–Crippen MR) is 88.0 cm³/mol. The number of amides is 1. The maximum Gasteiger partial charge on any atom is 0.411 e. The van der Waals surface area contributed by atoms with Gasteiger partial charge in [0.05, 0.1) is 0 Å². The second kappa shape index (κ2) is 9.97. The van der Waals surface area contributed by atoms with Crippen molar-refractivity contribution in [2.45, 2.75) is 19.6 Å². The fourth-order valence-corrected chi connectivity index (χ4v) is 1.40. The first-order chi connectivity index (χ1) is 11.0. The zero-order chi connectivity index (χ0) is 17.1. The smallest absolute Gasteiger partial charge is 0.411 e. The molecule has 0 heterocycles. The van der Waals surface area contributed by atoms with Crippen LogP contribution in [0.3, 0.4) is 0 Å². The number of benzene rings is 2. The number of carbonyl (C=O) groups is 2. The lowest BCUT2D eigenvalue weighted by Gasteiger charge is -2.06. The van der Waals surface area contributed by atoms with Crippen LogP contribution in [0.2, 0.25) is 0 Å². The monoisotopic (exact) mass is 316 g/mol. The molecule has 0 aliphatic rings. The van der Waals surface area contributed by atoms with Gasteiger partial charge in [0.2, 0.25) is 0 Å². The normalized spacial score (nSPS) is 10.7. The summed E-state index contributed by atoms with van der Waals surface area (Å²) in [4.78, 5) is 21.0. The zero-order valence-electron chi connectivity index (χ0n) is 12.8.